The molecule has 0 aromatic heterocycles. The number of rotatable bonds is 2. The lowest BCUT2D eigenvalue weighted by molar-refractivity contribution is 0.396. The highest BCUT2D eigenvalue weighted by Crippen LogP contribution is 2.29. The molecule has 1 fully saturated rings. The Hall–Kier alpha value is -0.950. The molecular weight excluding hydrogens is 182 g/mol. The zero-order valence-corrected chi connectivity index (χ0v) is 8.53. The highest BCUT2D eigenvalue weighted by Gasteiger charge is 2.20. The van der Waals surface area contributed by atoms with Crippen molar-refractivity contribution >= 4 is 11.6 Å². The maximum atomic E-state index is 5.67. The molecule has 0 radical (unpaired) electrons. The van der Waals surface area contributed by atoms with Gasteiger partial charge < -0.3 is 4.90 Å². The van der Waals surface area contributed by atoms with E-state index in [-0.39, 0.29) is 0 Å². The molecule has 13 heavy (non-hydrogen) atoms. The van der Waals surface area contributed by atoms with E-state index in [1.165, 1.54) is 0 Å². The van der Waals surface area contributed by atoms with E-state index in [1.807, 2.05) is 0 Å². The SMILES string of the molecule is C=C1CN(CCCl)C(=C)C(=C)C1=C. The predicted molar refractivity (Wildman–Crippen MR) is 58.9 cm³/mol. The van der Waals surface area contributed by atoms with E-state index < -0.39 is 0 Å². The highest BCUT2D eigenvalue weighted by atomic mass is 35.5. The second-order valence-electron chi connectivity index (χ2n) is 3.12. The third-order valence-corrected chi connectivity index (χ3v) is 2.43. The van der Waals surface area contributed by atoms with Crippen LogP contribution in [0.4, 0.5) is 0 Å². The number of likely N-dealkylation sites (tertiary alicyclic amines) is 1. The lowest BCUT2D eigenvalue weighted by atomic mass is 9.94. The topological polar surface area (TPSA) is 3.24 Å². The smallest absolute Gasteiger partial charge is 0.0430 e. The molecule has 1 saturated heterocycles. The molecule has 2 heteroatoms. The first kappa shape index (κ1) is 10.1. The van der Waals surface area contributed by atoms with Gasteiger partial charge in [-0.2, -0.15) is 0 Å². The van der Waals surface area contributed by atoms with Crippen LogP contribution in [0.25, 0.3) is 0 Å². The fourth-order valence-corrected chi connectivity index (χ4v) is 1.52. The summed E-state index contributed by atoms with van der Waals surface area (Å²) in [6, 6.07) is 0. The van der Waals surface area contributed by atoms with Crippen LogP contribution < -0.4 is 0 Å². The Balaban J connectivity index is 2.82. The van der Waals surface area contributed by atoms with Crippen molar-refractivity contribution in [3.8, 4) is 0 Å². The van der Waals surface area contributed by atoms with E-state index in [0.29, 0.717) is 5.88 Å². The van der Waals surface area contributed by atoms with Gasteiger partial charge >= 0.3 is 0 Å². The van der Waals surface area contributed by atoms with Crippen molar-refractivity contribution in [2.24, 2.45) is 0 Å². The summed E-state index contributed by atoms with van der Waals surface area (Å²) < 4.78 is 0. The van der Waals surface area contributed by atoms with Gasteiger partial charge in [-0.1, -0.05) is 26.3 Å². The van der Waals surface area contributed by atoms with Crippen LogP contribution in [0.15, 0.2) is 48.7 Å². The average molecular weight is 196 g/mol. The number of alkyl halides is 1. The molecular formula is C11H14ClN. The minimum Gasteiger partial charge on any atom is -0.366 e. The molecule has 0 saturated carbocycles. The van der Waals surface area contributed by atoms with Crippen LogP contribution in [0.1, 0.15) is 0 Å². The lowest BCUT2D eigenvalue weighted by Gasteiger charge is -2.34. The molecule has 0 aliphatic carbocycles. The van der Waals surface area contributed by atoms with Crippen LogP contribution >= 0.6 is 11.6 Å². The molecule has 0 amide bonds. The normalized spacial score (nSPS) is 18.4. The largest absolute Gasteiger partial charge is 0.366 e. The Labute approximate surface area is 84.7 Å². The van der Waals surface area contributed by atoms with Gasteiger partial charge in [-0.05, 0) is 16.7 Å². The van der Waals surface area contributed by atoms with E-state index in [2.05, 4.69) is 31.2 Å². The summed E-state index contributed by atoms with van der Waals surface area (Å²) in [5, 5.41) is 0. The van der Waals surface area contributed by atoms with Gasteiger partial charge in [0.1, 0.15) is 0 Å². The minimum atomic E-state index is 0.589. The molecule has 0 N–H and O–H groups in total. The van der Waals surface area contributed by atoms with Gasteiger partial charge in [-0.15, -0.1) is 11.6 Å². The zero-order valence-electron chi connectivity index (χ0n) is 7.77. The molecule has 0 spiro atoms. The van der Waals surface area contributed by atoms with Gasteiger partial charge in [0.2, 0.25) is 0 Å². The number of piperidine rings is 1. The van der Waals surface area contributed by atoms with E-state index >= 15 is 0 Å². The first-order valence-corrected chi connectivity index (χ1v) is 4.68. The molecule has 0 bridgehead atoms. The second-order valence-corrected chi connectivity index (χ2v) is 3.50. The highest BCUT2D eigenvalue weighted by molar-refractivity contribution is 6.18. The van der Waals surface area contributed by atoms with Gasteiger partial charge in [0.05, 0.1) is 0 Å². The quantitative estimate of drug-likeness (QED) is 0.613. The van der Waals surface area contributed by atoms with Crippen LogP contribution in [0.5, 0.6) is 0 Å². The predicted octanol–water partition coefficient (Wildman–Crippen LogP) is 2.72. The third kappa shape index (κ3) is 1.86. The first-order valence-electron chi connectivity index (χ1n) is 4.14. The van der Waals surface area contributed by atoms with Crippen molar-refractivity contribution in [1.29, 1.82) is 0 Å². The number of nitrogens with zero attached hydrogens (tertiary/aromatic N) is 1. The van der Waals surface area contributed by atoms with Crippen LogP contribution in [-0.2, 0) is 0 Å². The van der Waals surface area contributed by atoms with Gasteiger partial charge in [0.25, 0.3) is 0 Å². The maximum Gasteiger partial charge on any atom is 0.0430 e. The van der Waals surface area contributed by atoms with Crippen LogP contribution in [-0.4, -0.2) is 23.9 Å². The summed E-state index contributed by atoms with van der Waals surface area (Å²) >= 11 is 5.67. The van der Waals surface area contributed by atoms with Crippen LogP contribution in [0.3, 0.4) is 0 Å². The average Bonchev–Trinajstić information content (AvgIpc) is 2.11. The molecule has 70 valence electrons. The van der Waals surface area contributed by atoms with Gasteiger partial charge in [-0.25, -0.2) is 0 Å². The fourth-order valence-electron chi connectivity index (χ4n) is 1.32. The lowest BCUT2D eigenvalue weighted by Crippen LogP contribution is -2.32. The van der Waals surface area contributed by atoms with Crippen molar-refractivity contribution in [2.75, 3.05) is 19.0 Å². The maximum absolute atomic E-state index is 5.67. The third-order valence-electron chi connectivity index (χ3n) is 2.26. The van der Waals surface area contributed by atoms with E-state index in [0.717, 1.165) is 35.5 Å². The minimum absolute atomic E-state index is 0.589. The molecule has 1 nitrogen and oxygen atoms in total. The Morgan fingerprint density at radius 3 is 2.31 bits per heavy atom. The zero-order chi connectivity index (χ0) is 10.0. The monoisotopic (exact) mass is 195 g/mol. The molecule has 1 heterocycles. The molecule has 1 aliphatic heterocycles. The van der Waals surface area contributed by atoms with Crippen molar-refractivity contribution in [2.45, 2.75) is 0 Å². The Morgan fingerprint density at radius 2 is 1.77 bits per heavy atom. The second kappa shape index (κ2) is 3.84. The molecule has 1 aliphatic rings. The Bertz CT molecular complexity index is 288. The van der Waals surface area contributed by atoms with Crippen LogP contribution in [0, 0.1) is 0 Å². The number of hydrogen-bond donors (Lipinski definition) is 0. The molecule has 1 rings (SSSR count). The Morgan fingerprint density at radius 1 is 1.15 bits per heavy atom. The summed E-state index contributed by atoms with van der Waals surface area (Å²) in [5.41, 5.74) is 3.71. The summed E-state index contributed by atoms with van der Waals surface area (Å²) in [7, 11) is 0. The van der Waals surface area contributed by atoms with Gasteiger partial charge in [0, 0.05) is 24.7 Å². The van der Waals surface area contributed by atoms with E-state index in [1.54, 1.807) is 0 Å². The summed E-state index contributed by atoms with van der Waals surface area (Å²) in [4.78, 5) is 2.08. The van der Waals surface area contributed by atoms with E-state index in [9.17, 15) is 0 Å². The van der Waals surface area contributed by atoms with Crippen molar-refractivity contribution in [3.63, 3.8) is 0 Å². The fraction of sp³-hybridized carbons (Fsp3) is 0.273. The van der Waals surface area contributed by atoms with Crippen LogP contribution in [0.2, 0.25) is 0 Å². The molecule has 0 unspecified atom stereocenters. The molecule has 0 atom stereocenters. The number of halogens is 1. The van der Waals surface area contributed by atoms with Crippen molar-refractivity contribution in [3.05, 3.63) is 48.7 Å². The summed E-state index contributed by atoms with van der Waals surface area (Å²) in [6.45, 7) is 17.2. The summed E-state index contributed by atoms with van der Waals surface area (Å²) in [5.74, 6) is 0.589. The standard InChI is InChI=1S/C11H14ClN/c1-8-7-13(6-5-12)11(4)10(3)9(8)2/h1-7H2. The Kier molecular flexibility index (Phi) is 2.99. The van der Waals surface area contributed by atoms with Crippen molar-refractivity contribution in [1.82, 2.24) is 4.90 Å². The first-order chi connectivity index (χ1) is 6.07. The molecule has 0 aromatic rings. The van der Waals surface area contributed by atoms with E-state index in [4.69, 9.17) is 11.6 Å². The van der Waals surface area contributed by atoms with Crippen molar-refractivity contribution < 1.29 is 0 Å². The molecule has 0 aromatic carbocycles. The summed E-state index contributed by atoms with van der Waals surface area (Å²) in [6.07, 6.45) is 0. The van der Waals surface area contributed by atoms with Gasteiger partial charge in [0.15, 0.2) is 0 Å². The number of hydrogen-bond acceptors (Lipinski definition) is 1. The number of allylic oxidation sites excluding steroid dienone is 1. The van der Waals surface area contributed by atoms with Gasteiger partial charge in [-0.3, -0.25) is 0 Å².